The number of phenols is 1. The molecule has 0 bridgehead atoms. The van der Waals surface area contributed by atoms with E-state index >= 15 is 0 Å². The molecular weight excluding hydrogens is 334 g/mol. The summed E-state index contributed by atoms with van der Waals surface area (Å²) in [5, 5.41) is 12.6. The number of amides is 1. The van der Waals surface area contributed by atoms with Crippen molar-refractivity contribution in [1.29, 1.82) is 0 Å². The second-order valence-electron chi connectivity index (χ2n) is 4.78. The molecule has 0 atom stereocenters. The van der Waals surface area contributed by atoms with E-state index in [0.717, 1.165) is 21.3 Å². The molecule has 0 aromatic heterocycles. The standard InChI is InChI=1S/C16H16BrNO3/c1-9-6-10(2)15(12(17)7-9)18-16(20)11-4-5-14(21-3)13(19)8-11/h4-8,19H,1-3H3,(H,18,20). The molecule has 0 radical (unpaired) electrons. The molecular formula is C16H16BrNO3. The largest absolute Gasteiger partial charge is 0.504 e. The van der Waals surface area contributed by atoms with Gasteiger partial charge in [-0.3, -0.25) is 4.79 Å². The number of anilines is 1. The van der Waals surface area contributed by atoms with Gasteiger partial charge < -0.3 is 15.2 Å². The highest BCUT2D eigenvalue weighted by molar-refractivity contribution is 9.10. The van der Waals surface area contributed by atoms with Gasteiger partial charge in [-0.15, -0.1) is 0 Å². The molecule has 0 fully saturated rings. The Bertz CT molecular complexity index is 675. The van der Waals surface area contributed by atoms with Crippen molar-refractivity contribution in [3.63, 3.8) is 0 Å². The summed E-state index contributed by atoms with van der Waals surface area (Å²) in [6, 6.07) is 8.47. The number of phenolic OH excluding ortho intramolecular Hbond substituents is 1. The number of rotatable bonds is 3. The highest BCUT2D eigenvalue weighted by atomic mass is 79.9. The van der Waals surface area contributed by atoms with Crippen LogP contribution in [0.3, 0.4) is 0 Å². The van der Waals surface area contributed by atoms with E-state index in [2.05, 4.69) is 21.2 Å². The molecule has 0 aliphatic rings. The Hall–Kier alpha value is -2.01. The Morgan fingerprint density at radius 2 is 1.95 bits per heavy atom. The molecule has 0 unspecified atom stereocenters. The fourth-order valence-corrected chi connectivity index (χ4v) is 2.86. The summed E-state index contributed by atoms with van der Waals surface area (Å²) in [4.78, 5) is 12.3. The minimum Gasteiger partial charge on any atom is -0.504 e. The fraction of sp³-hybridized carbons (Fsp3) is 0.188. The Morgan fingerprint density at radius 1 is 1.24 bits per heavy atom. The molecule has 1 amide bonds. The number of methoxy groups -OCH3 is 1. The van der Waals surface area contributed by atoms with Crippen LogP contribution < -0.4 is 10.1 Å². The minimum atomic E-state index is -0.291. The van der Waals surface area contributed by atoms with Crippen LogP contribution in [0.4, 0.5) is 5.69 Å². The van der Waals surface area contributed by atoms with Gasteiger partial charge in [0, 0.05) is 10.0 Å². The van der Waals surface area contributed by atoms with E-state index < -0.39 is 0 Å². The maximum Gasteiger partial charge on any atom is 0.255 e. The van der Waals surface area contributed by atoms with Crippen LogP contribution in [0.1, 0.15) is 21.5 Å². The molecule has 2 rings (SSSR count). The summed E-state index contributed by atoms with van der Waals surface area (Å²) >= 11 is 3.45. The van der Waals surface area contributed by atoms with Gasteiger partial charge in [0.25, 0.3) is 5.91 Å². The van der Waals surface area contributed by atoms with Crippen LogP contribution in [0.15, 0.2) is 34.8 Å². The number of aromatic hydroxyl groups is 1. The fourth-order valence-electron chi connectivity index (χ4n) is 2.09. The normalized spacial score (nSPS) is 10.3. The van der Waals surface area contributed by atoms with Gasteiger partial charge in [0.2, 0.25) is 0 Å². The number of ether oxygens (including phenoxy) is 1. The number of nitrogens with one attached hydrogen (secondary N) is 1. The van der Waals surface area contributed by atoms with E-state index in [4.69, 9.17) is 4.74 Å². The van der Waals surface area contributed by atoms with Gasteiger partial charge in [0.05, 0.1) is 12.8 Å². The van der Waals surface area contributed by atoms with E-state index in [-0.39, 0.29) is 11.7 Å². The zero-order valence-corrected chi connectivity index (χ0v) is 13.6. The van der Waals surface area contributed by atoms with E-state index in [1.165, 1.54) is 13.2 Å². The Morgan fingerprint density at radius 3 is 2.52 bits per heavy atom. The first kappa shape index (κ1) is 15.4. The second-order valence-corrected chi connectivity index (χ2v) is 5.63. The number of carbonyl (C=O) groups is 1. The first-order chi connectivity index (χ1) is 9.92. The summed E-state index contributed by atoms with van der Waals surface area (Å²) < 4.78 is 5.79. The Kier molecular flexibility index (Phi) is 4.53. The lowest BCUT2D eigenvalue weighted by Gasteiger charge is -2.12. The number of hydrogen-bond donors (Lipinski definition) is 2. The molecule has 2 aromatic carbocycles. The molecule has 0 saturated carbocycles. The average molecular weight is 350 g/mol. The summed E-state index contributed by atoms with van der Waals surface area (Å²) in [5.74, 6) is -0.0234. The molecule has 2 N–H and O–H groups in total. The molecule has 0 spiro atoms. The molecule has 4 nitrogen and oxygen atoms in total. The third kappa shape index (κ3) is 3.36. The van der Waals surface area contributed by atoms with Gasteiger partial charge in [-0.2, -0.15) is 0 Å². The van der Waals surface area contributed by atoms with Crippen LogP contribution in [-0.4, -0.2) is 18.1 Å². The number of halogens is 1. The zero-order chi connectivity index (χ0) is 15.6. The molecule has 2 aromatic rings. The van der Waals surface area contributed by atoms with Gasteiger partial charge in [0.1, 0.15) is 0 Å². The predicted molar refractivity (Wildman–Crippen MR) is 86.2 cm³/mol. The van der Waals surface area contributed by atoms with Gasteiger partial charge >= 0.3 is 0 Å². The van der Waals surface area contributed by atoms with E-state index in [9.17, 15) is 9.90 Å². The lowest BCUT2D eigenvalue weighted by Crippen LogP contribution is -2.13. The van der Waals surface area contributed by atoms with E-state index in [0.29, 0.717) is 11.3 Å². The molecule has 110 valence electrons. The van der Waals surface area contributed by atoms with Gasteiger partial charge in [-0.05, 0) is 65.2 Å². The highest BCUT2D eigenvalue weighted by Gasteiger charge is 2.13. The average Bonchev–Trinajstić information content (AvgIpc) is 2.42. The van der Waals surface area contributed by atoms with Crippen molar-refractivity contribution in [1.82, 2.24) is 0 Å². The number of aryl methyl sites for hydroxylation is 2. The molecule has 0 heterocycles. The first-order valence-corrected chi connectivity index (χ1v) is 7.16. The summed E-state index contributed by atoms with van der Waals surface area (Å²) in [7, 11) is 1.46. The molecule has 5 heteroatoms. The third-order valence-corrected chi connectivity index (χ3v) is 3.74. The first-order valence-electron chi connectivity index (χ1n) is 6.37. The van der Waals surface area contributed by atoms with Gasteiger partial charge in [-0.25, -0.2) is 0 Å². The summed E-state index contributed by atoms with van der Waals surface area (Å²) in [6.07, 6.45) is 0. The van der Waals surface area contributed by atoms with Crippen molar-refractivity contribution in [3.8, 4) is 11.5 Å². The van der Waals surface area contributed by atoms with Crippen molar-refractivity contribution in [2.45, 2.75) is 13.8 Å². The molecule has 21 heavy (non-hydrogen) atoms. The van der Waals surface area contributed by atoms with Crippen LogP contribution in [0.5, 0.6) is 11.5 Å². The van der Waals surface area contributed by atoms with Crippen molar-refractivity contribution in [2.24, 2.45) is 0 Å². The van der Waals surface area contributed by atoms with Crippen LogP contribution in [0, 0.1) is 13.8 Å². The zero-order valence-electron chi connectivity index (χ0n) is 12.0. The second kappa shape index (κ2) is 6.18. The van der Waals surface area contributed by atoms with Crippen LogP contribution >= 0.6 is 15.9 Å². The highest BCUT2D eigenvalue weighted by Crippen LogP contribution is 2.30. The topological polar surface area (TPSA) is 58.6 Å². The van der Waals surface area contributed by atoms with Crippen LogP contribution in [0.2, 0.25) is 0 Å². The van der Waals surface area contributed by atoms with Crippen molar-refractivity contribution in [3.05, 3.63) is 51.5 Å². The smallest absolute Gasteiger partial charge is 0.255 e. The maximum absolute atomic E-state index is 12.3. The quantitative estimate of drug-likeness (QED) is 0.879. The maximum atomic E-state index is 12.3. The summed E-state index contributed by atoms with van der Waals surface area (Å²) in [6.45, 7) is 3.92. The minimum absolute atomic E-state index is 0.0650. The number of carbonyl (C=O) groups excluding carboxylic acids is 1. The predicted octanol–water partition coefficient (Wildman–Crippen LogP) is 4.03. The molecule has 0 saturated heterocycles. The Labute approximate surface area is 131 Å². The van der Waals surface area contributed by atoms with Crippen molar-refractivity contribution in [2.75, 3.05) is 12.4 Å². The van der Waals surface area contributed by atoms with Crippen LogP contribution in [0.25, 0.3) is 0 Å². The van der Waals surface area contributed by atoms with Gasteiger partial charge in [0.15, 0.2) is 11.5 Å². The molecule has 0 aliphatic carbocycles. The summed E-state index contributed by atoms with van der Waals surface area (Å²) in [5.41, 5.74) is 3.16. The third-order valence-electron chi connectivity index (χ3n) is 3.11. The van der Waals surface area contributed by atoms with Crippen LogP contribution in [-0.2, 0) is 0 Å². The van der Waals surface area contributed by atoms with E-state index in [1.54, 1.807) is 12.1 Å². The lowest BCUT2D eigenvalue weighted by molar-refractivity contribution is 0.102. The number of benzene rings is 2. The Balaban J connectivity index is 2.28. The monoisotopic (exact) mass is 349 g/mol. The van der Waals surface area contributed by atoms with Crippen molar-refractivity contribution >= 4 is 27.5 Å². The van der Waals surface area contributed by atoms with Gasteiger partial charge in [-0.1, -0.05) is 6.07 Å². The lowest BCUT2D eigenvalue weighted by atomic mass is 10.1. The van der Waals surface area contributed by atoms with E-state index in [1.807, 2.05) is 26.0 Å². The SMILES string of the molecule is COc1ccc(C(=O)Nc2c(C)cc(C)cc2Br)cc1O. The molecule has 0 aliphatic heterocycles. The number of hydrogen-bond acceptors (Lipinski definition) is 3. The van der Waals surface area contributed by atoms with Crippen molar-refractivity contribution < 1.29 is 14.6 Å².